The predicted molar refractivity (Wildman–Crippen MR) is 72.6 cm³/mol. The van der Waals surface area contributed by atoms with Gasteiger partial charge in [0.2, 0.25) is 0 Å². The van der Waals surface area contributed by atoms with Crippen LogP contribution in [0, 0.1) is 0 Å². The zero-order chi connectivity index (χ0) is 13.1. The smallest absolute Gasteiger partial charge is 0.335 e. The summed E-state index contributed by atoms with van der Waals surface area (Å²) in [5, 5.41) is 12.0. The van der Waals surface area contributed by atoms with Gasteiger partial charge in [0, 0.05) is 11.1 Å². The van der Waals surface area contributed by atoms with Gasteiger partial charge in [-0.25, -0.2) is 9.78 Å². The lowest BCUT2D eigenvalue weighted by atomic mass is 10.2. The molecule has 2 rings (SSSR count). The van der Waals surface area contributed by atoms with Crippen molar-refractivity contribution >= 4 is 34.7 Å². The fourth-order valence-corrected chi connectivity index (χ4v) is 2.56. The van der Waals surface area contributed by atoms with E-state index in [1.54, 1.807) is 0 Å². The SMILES string of the molecule is CC(Nc1cc(C(=O)O)ccn1)c1ccc(Cl)s1. The molecule has 0 aromatic carbocycles. The summed E-state index contributed by atoms with van der Waals surface area (Å²) in [5.41, 5.74) is 0.212. The van der Waals surface area contributed by atoms with E-state index in [9.17, 15) is 4.79 Å². The van der Waals surface area contributed by atoms with Crippen LogP contribution >= 0.6 is 22.9 Å². The molecule has 0 fully saturated rings. The Bertz CT molecular complexity index is 571. The van der Waals surface area contributed by atoms with Crippen LogP contribution in [0.25, 0.3) is 0 Å². The van der Waals surface area contributed by atoms with Crippen LogP contribution in [0.4, 0.5) is 5.82 Å². The van der Waals surface area contributed by atoms with Crippen LogP contribution < -0.4 is 5.32 Å². The van der Waals surface area contributed by atoms with Gasteiger partial charge in [-0.3, -0.25) is 0 Å². The summed E-state index contributed by atoms with van der Waals surface area (Å²) in [7, 11) is 0. The molecule has 2 aromatic heterocycles. The lowest BCUT2D eigenvalue weighted by Crippen LogP contribution is -2.07. The van der Waals surface area contributed by atoms with Crippen molar-refractivity contribution in [3.63, 3.8) is 0 Å². The molecule has 2 N–H and O–H groups in total. The molecule has 0 amide bonds. The zero-order valence-corrected chi connectivity index (χ0v) is 11.1. The van der Waals surface area contributed by atoms with Crippen LogP contribution in [0.1, 0.15) is 28.2 Å². The maximum Gasteiger partial charge on any atom is 0.335 e. The van der Waals surface area contributed by atoms with Gasteiger partial charge in [-0.1, -0.05) is 11.6 Å². The highest BCUT2D eigenvalue weighted by molar-refractivity contribution is 7.16. The van der Waals surface area contributed by atoms with Gasteiger partial charge in [0.05, 0.1) is 15.9 Å². The second-order valence-electron chi connectivity index (χ2n) is 3.74. The summed E-state index contributed by atoms with van der Waals surface area (Å²) >= 11 is 7.36. The predicted octanol–water partition coefficient (Wildman–Crippen LogP) is 3.67. The number of carboxylic acid groups (broad SMARTS) is 1. The molecular weight excluding hydrogens is 272 g/mol. The third-order valence-corrected chi connectivity index (χ3v) is 3.81. The normalized spacial score (nSPS) is 12.1. The van der Waals surface area contributed by atoms with E-state index in [0.29, 0.717) is 5.82 Å². The molecular formula is C12H11ClN2O2S. The minimum Gasteiger partial charge on any atom is -0.478 e. The molecule has 1 unspecified atom stereocenters. The van der Waals surface area contributed by atoms with E-state index in [1.807, 2.05) is 19.1 Å². The van der Waals surface area contributed by atoms with E-state index in [2.05, 4.69) is 10.3 Å². The molecule has 94 valence electrons. The highest BCUT2D eigenvalue weighted by atomic mass is 35.5. The molecule has 0 radical (unpaired) electrons. The van der Waals surface area contributed by atoms with E-state index in [4.69, 9.17) is 16.7 Å². The number of carbonyl (C=O) groups is 1. The Morgan fingerprint density at radius 1 is 1.50 bits per heavy atom. The monoisotopic (exact) mass is 282 g/mol. The van der Waals surface area contributed by atoms with E-state index < -0.39 is 5.97 Å². The number of halogens is 1. The van der Waals surface area contributed by atoms with Crippen LogP contribution in [0.3, 0.4) is 0 Å². The molecule has 4 nitrogen and oxygen atoms in total. The standard InChI is InChI=1S/C12H11ClN2O2S/c1-7(9-2-3-10(13)18-9)15-11-6-8(12(16)17)4-5-14-11/h2-7H,1H3,(H,14,15)(H,16,17). The summed E-state index contributed by atoms with van der Waals surface area (Å²) in [6.45, 7) is 1.97. The summed E-state index contributed by atoms with van der Waals surface area (Å²) in [6.07, 6.45) is 1.47. The van der Waals surface area contributed by atoms with Crippen molar-refractivity contribution in [1.29, 1.82) is 0 Å². The number of nitrogens with one attached hydrogen (secondary N) is 1. The highest BCUT2D eigenvalue weighted by Gasteiger charge is 2.10. The minimum atomic E-state index is -0.965. The average Bonchev–Trinajstić information content (AvgIpc) is 2.76. The molecule has 0 aliphatic carbocycles. The molecule has 0 saturated carbocycles. The zero-order valence-electron chi connectivity index (χ0n) is 9.55. The molecule has 0 aliphatic heterocycles. The van der Waals surface area contributed by atoms with Crippen molar-refractivity contribution in [2.45, 2.75) is 13.0 Å². The first-order valence-corrected chi connectivity index (χ1v) is 6.47. The number of aromatic nitrogens is 1. The summed E-state index contributed by atoms with van der Waals surface area (Å²) in [6, 6.07) is 6.76. The van der Waals surface area contributed by atoms with Crippen LogP contribution in [0.15, 0.2) is 30.5 Å². The fourth-order valence-electron chi connectivity index (χ4n) is 1.50. The molecule has 0 bridgehead atoms. The fraction of sp³-hybridized carbons (Fsp3) is 0.167. The Balaban J connectivity index is 2.14. The average molecular weight is 283 g/mol. The molecule has 0 spiro atoms. The van der Waals surface area contributed by atoms with Crippen molar-refractivity contribution < 1.29 is 9.90 Å². The molecule has 2 aromatic rings. The van der Waals surface area contributed by atoms with Gasteiger partial charge in [-0.05, 0) is 31.2 Å². The number of carboxylic acids is 1. The second-order valence-corrected chi connectivity index (χ2v) is 5.49. The van der Waals surface area contributed by atoms with Crippen LogP contribution in [-0.2, 0) is 0 Å². The van der Waals surface area contributed by atoms with E-state index in [-0.39, 0.29) is 11.6 Å². The molecule has 0 saturated heterocycles. The molecule has 6 heteroatoms. The quantitative estimate of drug-likeness (QED) is 0.898. The molecule has 18 heavy (non-hydrogen) atoms. The van der Waals surface area contributed by atoms with Crippen molar-refractivity contribution in [2.24, 2.45) is 0 Å². The Kier molecular flexibility index (Phi) is 3.84. The largest absolute Gasteiger partial charge is 0.478 e. The number of thiophene rings is 1. The number of nitrogens with zero attached hydrogens (tertiary/aromatic N) is 1. The Labute approximate surface area is 113 Å². The van der Waals surface area contributed by atoms with Crippen molar-refractivity contribution in [2.75, 3.05) is 5.32 Å². The Morgan fingerprint density at radius 2 is 2.28 bits per heavy atom. The number of pyridine rings is 1. The number of aromatic carboxylic acids is 1. The molecule has 2 heterocycles. The number of hydrogen-bond donors (Lipinski definition) is 2. The first-order valence-electron chi connectivity index (χ1n) is 5.27. The summed E-state index contributed by atoms with van der Waals surface area (Å²) in [5.74, 6) is -0.431. The van der Waals surface area contributed by atoms with Crippen molar-refractivity contribution in [3.8, 4) is 0 Å². The van der Waals surface area contributed by atoms with Gasteiger partial charge >= 0.3 is 5.97 Å². The van der Waals surface area contributed by atoms with Crippen molar-refractivity contribution in [1.82, 2.24) is 4.98 Å². The molecule has 1 atom stereocenters. The Hall–Kier alpha value is -1.59. The lowest BCUT2D eigenvalue weighted by Gasteiger charge is -2.12. The van der Waals surface area contributed by atoms with Crippen LogP contribution in [0.5, 0.6) is 0 Å². The number of anilines is 1. The highest BCUT2D eigenvalue weighted by Crippen LogP contribution is 2.28. The number of hydrogen-bond acceptors (Lipinski definition) is 4. The van der Waals surface area contributed by atoms with Crippen LogP contribution in [-0.4, -0.2) is 16.1 Å². The van der Waals surface area contributed by atoms with Gasteiger partial charge < -0.3 is 10.4 Å². The minimum absolute atomic E-state index is 0.0269. The topological polar surface area (TPSA) is 62.2 Å². The maximum absolute atomic E-state index is 10.8. The Morgan fingerprint density at radius 3 is 2.89 bits per heavy atom. The van der Waals surface area contributed by atoms with Crippen LogP contribution in [0.2, 0.25) is 4.34 Å². The lowest BCUT2D eigenvalue weighted by molar-refractivity contribution is 0.0697. The van der Waals surface area contributed by atoms with Crippen molar-refractivity contribution in [3.05, 3.63) is 45.2 Å². The second kappa shape index (κ2) is 5.37. The van der Waals surface area contributed by atoms with Gasteiger partial charge in [-0.15, -0.1) is 11.3 Å². The summed E-state index contributed by atoms with van der Waals surface area (Å²) in [4.78, 5) is 16.0. The third-order valence-electron chi connectivity index (χ3n) is 2.39. The summed E-state index contributed by atoms with van der Waals surface area (Å²) < 4.78 is 0.728. The van der Waals surface area contributed by atoms with Gasteiger partial charge in [-0.2, -0.15) is 0 Å². The van der Waals surface area contributed by atoms with Gasteiger partial charge in [0.15, 0.2) is 0 Å². The van der Waals surface area contributed by atoms with Gasteiger partial charge in [0.1, 0.15) is 5.82 Å². The van der Waals surface area contributed by atoms with E-state index in [0.717, 1.165) is 9.21 Å². The van der Waals surface area contributed by atoms with E-state index >= 15 is 0 Å². The number of rotatable bonds is 4. The maximum atomic E-state index is 10.8. The third kappa shape index (κ3) is 3.00. The van der Waals surface area contributed by atoms with E-state index in [1.165, 1.54) is 29.7 Å². The van der Waals surface area contributed by atoms with Gasteiger partial charge in [0.25, 0.3) is 0 Å². The first kappa shape index (κ1) is 12.9. The molecule has 0 aliphatic rings. The first-order chi connectivity index (χ1) is 8.56.